The van der Waals surface area contributed by atoms with Crippen molar-refractivity contribution in [1.82, 2.24) is 14.6 Å². The summed E-state index contributed by atoms with van der Waals surface area (Å²) in [5, 5.41) is 3.17. The van der Waals surface area contributed by atoms with E-state index in [1.807, 2.05) is 36.5 Å². The molecule has 0 amide bonds. The molecule has 156 valence electrons. The molecule has 31 heavy (non-hydrogen) atoms. The minimum atomic E-state index is -0.0950. The quantitative estimate of drug-likeness (QED) is 0.507. The summed E-state index contributed by atoms with van der Waals surface area (Å²) in [5.41, 5.74) is 6.53. The highest BCUT2D eigenvalue weighted by atomic mass is 19.1. The van der Waals surface area contributed by atoms with E-state index in [4.69, 9.17) is 0 Å². The van der Waals surface area contributed by atoms with Crippen LogP contribution in [0.3, 0.4) is 0 Å². The number of aromatic nitrogens is 4. The Balaban J connectivity index is 1.20. The van der Waals surface area contributed by atoms with Gasteiger partial charge in [0, 0.05) is 29.9 Å². The zero-order valence-electron chi connectivity index (χ0n) is 17.5. The van der Waals surface area contributed by atoms with Crippen molar-refractivity contribution >= 4 is 5.69 Å². The Hall–Kier alpha value is -3.41. The summed E-state index contributed by atoms with van der Waals surface area (Å²) in [6.07, 6.45) is 9.90. The number of nitrogens with zero attached hydrogens (tertiary/aromatic N) is 4. The van der Waals surface area contributed by atoms with Crippen molar-refractivity contribution in [2.24, 2.45) is 13.0 Å². The van der Waals surface area contributed by atoms with Gasteiger partial charge in [0.25, 0.3) is 0 Å². The third kappa shape index (κ3) is 2.97. The van der Waals surface area contributed by atoms with Gasteiger partial charge in [-0.05, 0) is 42.5 Å². The normalized spacial score (nSPS) is 18.3. The Morgan fingerprint density at radius 3 is 2.61 bits per heavy atom. The van der Waals surface area contributed by atoms with E-state index < -0.39 is 0 Å². The Morgan fingerprint density at radius 2 is 1.87 bits per heavy atom. The van der Waals surface area contributed by atoms with Crippen LogP contribution in [0, 0.1) is 11.7 Å². The first kappa shape index (κ1) is 18.4. The predicted molar refractivity (Wildman–Crippen MR) is 118 cm³/mol. The molecule has 1 fully saturated rings. The summed E-state index contributed by atoms with van der Waals surface area (Å²) in [5.74, 6) is 0.309. The van der Waals surface area contributed by atoms with Gasteiger partial charge in [0.2, 0.25) is 6.20 Å². The number of H-pyrrole nitrogens is 1. The molecular formula is C25H25FN5+. The van der Waals surface area contributed by atoms with Crippen LogP contribution in [0.4, 0.5) is 10.1 Å². The highest BCUT2D eigenvalue weighted by Gasteiger charge is 2.37. The van der Waals surface area contributed by atoms with Crippen molar-refractivity contribution in [2.75, 3.05) is 18.0 Å². The summed E-state index contributed by atoms with van der Waals surface area (Å²) in [7, 11) is 1.99. The fourth-order valence-electron chi connectivity index (χ4n) is 5.35. The molecule has 4 aromatic rings. The predicted octanol–water partition coefficient (Wildman–Crippen LogP) is 4.33. The SMILES string of the molecule is C[n+]1cc(-c2ccc(N3CCC([C@H]4c5c(F)cccc5-c5cncn54)CC3)cc2)c[nH]1. The van der Waals surface area contributed by atoms with Crippen LogP contribution in [0.2, 0.25) is 0 Å². The van der Waals surface area contributed by atoms with E-state index in [0.717, 1.165) is 42.8 Å². The number of rotatable bonds is 3. The van der Waals surface area contributed by atoms with Crippen LogP contribution in [0.5, 0.6) is 0 Å². The first-order valence-corrected chi connectivity index (χ1v) is 10.9. The van der Waals surface area contributed by atoms with Gasteiger partial charge in [-0.3, -0.25) is 0 Å². The maximum absolute atomic E-state index is 14.8. The number of anilines is 1. The number of fused-ring (bicyclic) bond motifs is 3. The molecule has 5 nitrogen and oxygen atoms in total. The smallest absolute Gasteiger partial charge is 0.202 e. The van der Waals surface area contributed by atoms with Gasteiger partial charge >= 0.3 is 0 Å². The minimum Gasteiger partial charge on any atom is -0.372 e. The zero-order chi connectivity index (χ0) is 20.9. The summed E-state index contributed by atoms with van der Waals surface area (Å²) in [6, 6.07) is 14.2. The summed E-state index contributed by atoms with van der Waals surface area (Å²) in [6.45, 7) is 1.96. The molecule has 2 aliphatic heterocycles. The van der Waals surface area contributed by atoms with E-state index in [0.29, 0.717) is 5.92 Å². The molecule has 2 aromatic heterocycles. The van der Waals surface area contributed by atoms with Crippen molar-refractivity contribution in [3.8, 4) is 22.4 Å². The van der Waals surface area contributed by atoms with E-state index in [1.165, 1.54) is 16.8 Å². The lowest BCUT2D eigenvalue weighted by Crippen LogP contribution is -2.36. The van der Waals surface area contributed by atoms with Gasteiger partial charge in [-0.1, -0.05) is 24.3 Å². The number of aryl methyl sites for hydroxylation is 1. The third-order valence-corrected chi connectivity index (χ3v) is 6.90. The molecule has 0 spiro atoms. The Labute approximate surface area is 180 Å². The van der Waals surface area contributed by atoms with Gasteiger partial charge in [0.05, 0.1) is 36.0 Å². The van der Waals surface area contributed by atoms with Crippen molar-refractivity contribution in [3.05, 3.63) is 78.8 Å². The minimum absolute atomic E-state index is 0.0487. The van der Waals surface area contributed by atoms with Crippen molar-refractivity contribution in [3.63, 3.8) is 0 Å². The number of piperidine rings is 1. The van der Waals surface area contributed by atoms with Gasteiger partial charge in [-0.2, -0.15) is 5.10 Å². The Kier molecular flexibility index (Phi) is 4.19. The second-order valence-electron chi connectivity index (χ2n) is 8.67. The van der Waals surface area contributed by atoms with Gasteiger partial charge in [-0.25, -0.2) is 9.37 Å². The average Bonchev–Trinajstić information content (AvgIpc) is 3.51. The van der Waals surface area contributed by atoms with Gasteiger partial charge in [0.1, 0.15) is 5.82 Å². The summed E-state index contributed by atoms with van der Waals surface area (Å²) < 4.78 is 18.9. The lowest BCUT2D eigenvalue weighted by atomic mass is 9.85. The molecule has 0 unspecified atom stereocenters. The van der Waals surface area contributed by atoms with E-state index in [2.05, 4.69) is 50.0 Å². The van der Waals surface area contributed by atoms with E-state index in [1.54, 1.807) is 12.1 Å². The van der Waals surface area contributed by atoms with E-state index in [-0.39, 0.29) is 11.9 Å². The lowest BCUT2D eigenvalue weighted by molar-refractivity contribution is -0.726. The van der Waals surface area contributed by atoms with Crippen molar-refractivity contribution < 1.29 is 9.07 Å². The molecule has 2 aliphatic rings. The van der Waals surface area contributed by atoms with Crippen LogP contribution in [0.15, 0.2) is 67.4 Å². The standard InChI is InChI=1S/C25H24FN5/c1-29-15-19(13-28-29)17-5-7-20(8-6-17)30-11-9-18(10-12-30)25-24-21(3-2-4-22(24)26)23-14-27-16-31(23)25/h2-8,13-16,18,25H,9-12H2,1H3/p+1/t25-/m0/s1. The van der Waals surface area contributed by atoms with Crippen LogP contribution in [0.1, 0.15) is 24.4 Å². The maximum atomic E-state index is 14.8. The zero-order valence-corrected chi connectivity index (χ0v) is 17.5. The van der Waals surface area contributed by atoms with Crippen molar-refractivity contribution in [1.29, 1.82) is 0 Å². The first-order chi connectivity index (χ1) is 15.2. The molecule has 0 radical (unpaired) electrons. The number of halogens is 1. The second-order valence-corrected chi connectivity index (χ2v) is 8.67. The largest absolute Gasteiger partial charge is 0.372 e. The van der Waals surface area contributed by atoms with Crippen LogP contribution < -0.4 is 9.58 Å². The molecular weight excluding hydrogens is 389 g/mol. The highest BCUT2D eigenvalue weighted by Crippen LogP contribution is 2.46. The fourth-order valence-corrected chi connectivity index (χ4v) is 5.35. The monoisotopic (exact) mass is 414 g/mol. The molecule has 6 rings (SSSR count). The van der Waals surface area contributed by atoms with Gasteiger partial charge in [0.15, 0.2) is 7.05 Å². The number of hydrogen-bond acceptors (Lipinski definition) is 2. The van der Waals surface area contributed by atoms with Crippen LogP contribution in [-0.4, -0.2) is 27.7 Å². The average molecular weight is 415 g/mol. The van der Waals surface area contributed by atoms with E-state index >= 15 is 0 Å². The molecule has 1 N–H and O–H groups in total. The maximum Gasteiger partial charge on any atom is 0.202 e. The molecule has 1 saturated heterocycles. The fraction of sp³-hybridized carbons (Fsp3) is 0.280. The third-order valence-electron chi connectivity index (χ3n) is 6.90. The summed E-state index contributed by atoms with van der Waals surface area (Å²) >= 11 is 0. The Morgan fingerprint density at radius 1 is 1.06 bits per heavy atom. The lowest BCUT2D eigenvalue weighted by Gasteiger charge is -2.37. The summed E-state index contributed by atoms with van der Waals surface area (Å²) in [4.78, 5) is 6.79. The van der Waals surface area contributed by atoms with Crippen LogP contribution in [0.25, 0.3) is 22.4 Å². The number of benzene rings is 2. The highest BCUT2D eigenvalue weighted by molar-refractivity contribution is 5.69. The molecule has 0 aliphatic carbocycles. The molecule has 0 saturated carbocycles. The topological polar surface area (TPSA) is 40.7 Å². The molecule has 4 heterocycles. The number of nitrogens with one attached hydrogen (secondary N) is 1. The first-order valence-electron chi connectivity index (χ1n) is 10.9. The van der Waals surface area contributed by atoms with Crippen molar-refractivity contribution in [2.45, 2.75) is 18.9 Å². The number of imidazole rings is 1. The van der Waals surface area contributed by atoms with E-state index in [9.17, 15) is 4.39 Å². The number of hydrogen-bond donors (Lipinski definition) is 1. The molecule has 1 atom stereocenters. The van der Waals surface area contributed by atoms with Gasteiger partial charge in [-0.15, -0.1) is 4.68 Å². The second kappa shape index (κ2) is 7.08. The molecule has 6 heteroatoms. The Bertz CT molecular complexity index is 1230. The van der Waals surface area contributed by atoms with Crippen LogP contribution >= 0.6 is 0 Å². The molecule has 2 aromatic carbocycles. The van der Waals surface area contributed by atoms with Crippen LogP contribution in [-0.2, 0) is 7.05 Å². The molecule has 0 bridgehead atoms. The number of aromatic amines is 1. The van der Waals surface area contributed by atoms with Gasteiger partial charge < -0.3 is 9.47 Å².